The molecule has 3 aromatic carbocycles. The molecule has 1 atom stereocenters. The number of hydrogen-bond donors (Lipinski definition) is 0. The standard InChI is InChI=1S/C29H25ClF5NO4S/c1-17(28-23(30)8-5-9-24(28)31)12-19-13-26-27(15-25(19)32)40-21(11-10-18(2)39-3)16-36(26)41(37,38)22-7-4-6-20(14-22)29(33,34)35/h4-9,12-15,21H,2,10-11,16H2,1,3H3/b17-12+/t21-/m0/s1. The van der Waals surface area contributed by atoms with E-state index in [0.29, 0.717) is 18.2 Å². The van der Waals surface area contributed by atoms with Crippen molar-refractivity contribution in [3.05, 3.63) is 100 Å². The van der Waals surface area contributed by atoms with Crippen molar-refractivity contribution in [1.29, 1.82) is 0 Å². The molecular formula is C29H25ClF5NO4S. The van der Waals surface area contributed by atoms with E-state index >= 15 is 4.39 Å². The number of hydrogen-bond acceptors (Lipinski definition) is 4. The second kappa shape index (κ2) is 11.7. The van der Waals surface area contributed by atoms with Crippen LogP contribution in [0.4, 0.5) is 27.6 Å². The quantitative estimate of drug-likeness (QED) is 0.146. The molecule has 0 bridgehead atoms. The first-order valence-electron chi connectivity index (χ1n) is 12.3. The molecule has 1 aliphatic heterocycles. The summed E-state index contributed by atoms with van der Waals surface area (Å²) in [5.74, 6) is -1.16. The van der Waals surface area contributed by atoms with Gasteiger partial charge in [-0.05, 0) is 61.4 Å². The summed E-state index contributed by atoms with van der Waals surface area (Å²) >= 11 is 6.14. The molecule has 0 saturated carbocycles. The highest BCUT2D eigenvalue weighted by atomic mass is 35.5. The summed E-state index contributed by atoms with van der Waals surface area (Å²) in [5.41, 5.74) is -1.05. The number of rotatable bonds is 8. The third-order valence-corrected chi connectivity index (χ3v) is 8.61. The van der Waals surface area contributed by atoms with E-state index in [1.54, 1.807) is 0 Å². The first kappa shape index (κ1) is 30.4. The number of fused-ring (bicyclic) bond motifs is 1. The second-order valence-corrected chi connectivity index (χ2v) is 11.6. The van der Waals surface area contributed by atoms with E-state index in [9.17, 15) is 26.0 Å². The maximum absolute atomic E-state index is 15.3. The topological polar surface area (TPSA) is 55.8 Å². The lowest BCUT2D eigenvalue weighted by molar-refractivity contribution is -0.137. The molecule has 218 valence electrons. The monoisotopic (exact) mass is 613 g/mol. The molecule has 0 radical (unpaired) electrons. The lowest BCUT2D eigenvalue weighted by Gasteiger charge is -2.36. The minimum atomic E-state index is -4.77. The molecule has 1 aliphatic rings. The summed E-state index contributed by atoms with van der Waals surface area (Å²) in [5, 5.41) is 0.0923. The van der Waals surface area contributed by atoms with Gasteiger partial charge in [0.05, 0.1) is 40.6 Å². The maximum Gasteiger partial charge on any atom is 0.416 e. The Morgan fingerprint density at radius 3 is 2.51 bits per heavy atom. The molecule has 0 unspecified atom stereocenters. The van der Waals surface area contributed by atoms with E-state index in [-0.39, 0.29) is 46.1 Å². The Kier molecular flexibility index (Phi) is 8.70. The van der Waals surface area contributed by atoms with Crippen molar-refractivity contribution < 1.29 is 39.8 Å². The molecule has 0 spiro atoms. The summed E-state index contributed by atoms with van der Waals surface area (Å²) in [7, 11) is -3.16. The van der Waals surface area contributed by atoms with Crippen molar-refractivity contribution in [3.8, 4) is 5.75 Å². The summed E-state index contributed by atoms with van der Waals surface area (Å²) in [6.45, 7) is 4.95. The van der Waals surface area contributed by atoms with Crippen LogP contribution in [-0.4, -0.2) is 28.2 Å². The highest BCUT2D eigenvalue weighted by molar-refractivity contribution is 7.92. The molecule has 0 saturated heterocycles. The van der Waals surface area contributed by atoms with Crippen LogP contribution in [0, 0.1) is 11.6 Å². The third-order valence-electron chi connectivity index (χ3n) is 6.52. The van der Waals surface area contributed by atoms with Gasteiger partial charge in [-0.2, -0.15) is 13.2 Å². The first-order chi connectivity index (χ1) is 19.2. The minimum absolute atomic E-state index is 0.0365. The van der Waals surface area contributed by atoms with Gasteiger partial charge in [-0.1, -0.05) is 30.3 Å². The van der Waals surface area contributed by atoms with Gasteiger partial charge < -0.3 is 9.47 Å². The highest BCUT2D eigenvalue weighted by Gasteiger charge is 2.37. The van der Waals surface area contributed by atoms with E-state index in [4.69, 9.17) is 21.1 Å². The third kappa shape index (κ3) is 6.51. The zero-order valence-electron chi connectivity index (χ0n) is 21.9. The fourth-order valence-electron chi connectivity index (χ4n) is 4.40. The van der Waals surface area contributed by atoms with Crippen LogP contribution in [0.1, 0.15) is 36.5 Å². The summed E-state index contributed by atoms with van der Waals surface area (Å²) in [4.78, 5) is -0.601. The molecule has 0 amide bonds. The second-order valence-electron chi connectivity index (χ2n) is 9.35. The molecule has 0 N–H and O–H groups in total. The number of nitrogens with zero attached hydrogens (tertiary/aromatic N) is 1. The SMILES string of the molecule is C=C(CC[C@H]1CN(S(=O)(=O)c2cccc(C(F)(F)F)c2)c2cc(/C=C(\C)c3c(F)cccc3Cl)c(F)cc2O1)OC. The molecule has 3 aromatic rings. The Morgan fingerprint density at radius 1 is 1.15 bits per heavy atom. The van der Waals surface area contributed by atoms with Crippen LogP contribution in [0.25, 0.3) is 11.6 Å². The van der Waals surface area contributed by atoms with E-state index in [2.05, 4.69) is 6.58 Å². The zero-order chi connectivity index (χ0) is 30.1. The van der Waals surface area contributed by atoms with Crippen LogP contribution in [-0.2, 0) is 20.9 Å². The van der Waals surface area contributed by atoms with Crippen molar-refractivity contribution >= 4 is 39.0 Å². The molecule has 41 heavy (non-hydrogen) atoms. The number of sulfonamides is 1. The summed E-state index contributed by atoms with van der Waals surface area (Å²) < 4.78 is 109. The van der Waals surface area contributed by atoms with Crippen LogP contribution in [0.5, 0.6) is 5.75 Å². The predicted molar refractivity (Wildman–Crippen MR) is 147 cm³/mol. The van der Waals surface area contributed by atoms with Gasteiger partial charge in [-0.25, -0.2) is 17.2 Å². The minimum Gasteiger partial charge on any atom is -0.502 e. The molecule has 0 aliphatic carbocycles. The molecule has 12 heteroatoms. The number of ether oxygens (including phenoxy) is 2. The zero-order valence-corrected chi connectivity index (χ0v) is 23.5. The lowest BCUT2D eigenvalue weighted by Crippen LogP contribution is -2.43. The van der Waals surface area contributed by atoms with Gasteiger partial charge in [-0.15, -0.1) is 0 Å². The van der Waals surface area contributed by atoms with Crippen molar-refractivity contribution in [2.45, 2.75) is 36.9 Å². The fourth-order valence-corrected chi connectivity index (χ4v) is 6.26. The Bertz CT molecular complexity index is 1600. The van der Waals surface area contributed by atoms with Gasteiger partial charge in [-0.3, -0.25) is 4.31 Å². The average Bonchev–Trinajstić information content (AvgIpc) is 2.91. The van der Waals surface area contributed by atoms with Gasteiger partial charge >= 0.3 is 6.18 Å². The van der Waals surface area contributed by atoms with Gasteiger partial charge in [0.25, 0.3) is 10.0 Å². The Morgan fingerprint density at radius 2 is 1.85 bits per heavy atom. The fraction of sp³-hybridized carbons (Fsp3) is 0.241. The Labute approximate surface area is 239 Å². The number of anilines is 1. The number of allylic oxidation sites excluding steroid dienone is 2. The van der Waals surface area contributed by atoms with E-state index < -0.39 is 44.4 Å². The summed E-state index contributed by atoms with van der Waals surface area (Å²) in [6, 6.07) is 9.62. The van der Waals surface area contributed by atoms with Crippen molar-refractivity contribution in [2.75, 3.05) is 18.0 Å². The molecule has 1 heterocycles. The van der Waals surface area contributed by atoms with Crippen molar-refractivity contribution in [2.24, 2.45) is 0 Å². The van der Waals surface area contributed by atoms with E-state index in [1.807, 2.05) is 0 Å². The number of benzene rings is 3. The van der Waals surface area contributed by atoms with Crippen molar-refractivity contribution in [1.82, 2.24) is 0 Å². The Balaban J connectivity index is 1.83. The van der Waals surface area contributed by atoms with Crippen LogP contribution in [0.2, 0.25) is 5.02 Å². The molecular weight excluding hydrogens is 589 g/mol. The normalized spacial score (nSPS) is 15.8. The molecule has 4 rings (SSSR count). The van der Waals surface area contributed by atoms with Gasteiger partial charge in [0.2, 0.25) is 0 Å². The number of halogens is 6. The largest absolute Gasteiger partial charge is 0.502 e. The van der Waals surface area contributed by atoms with Crippen LogP contribution in [0.3, 0.4) is 0 Å². The van der Waals surface area contributed by atoms with Gasteiger partial charge in [0.15, 0.2) is 0 Å². The van der Waals surface area contributed by atoms with Gasteiger partial charge in [0.1, 0.15) is 23.5 Å². The van der Waals surface area contributed by atoms with Crippen LogP contribution < -0.4 is 9.04 Å². The summed E-state index contributed by atoms with van der Waals surface area (Å²) in [6.07, 6.45) is -3.75. The van der Waals surface area contributed by atoms with Crippen LogP contribution >= 0.6 is 11.6 Å². The van der Waals surface area contributed by atoms with E-state index in [0.717, 1.165) is 28.6 Å². The lowest BCUT2D eigenvalue weighted by atomic mass is 10.0. The van der Waals surface area contributed by atoms with Crippen molar-refractivity contribution in [3.63, 3.8) is 0 Å². The number of alkyl halides is 3. The molecule has 0 fully saturated rings. The molecule has 5 nitrogen and oxygen atoms in total. The number of methoxy groups -OCH3 is 1. The maximum atomic E-state index is 15.3. The smallest absolute Gasteiger partial charge is 0.416 e. The van der Waals surface area contributed by atoms with Crippen LogP contribution in [0.15, 0.2) is 71.8 Å². The highest BCUT2D eigenvalue weighted by Crippen LogP contribution is 2.41. The van der Waals surface area contributed by atoms with E-state index in [1.165, 1.54) is 44.4 Å². The predicted octanol–water partition coefficient (Wildman–Crippen LogP) is 8.09. The average molecular weight is 614 g/mol. The first-order valence-corrected chi connectivity index (χ1v) is 14.1. The Hall–Kier alpha value is -3.57. The van der Waals surface area contributed by atoms with Gasteiger partial charge in [0, 0.05) is 23.6 Å². The molecule has 0 aromatic heterocycles.